The molecule has 82 valence electrons. The van der Waals surface area contributed by atoms with Crippen molar-refractivity contribution in [2.45, 2.75) is 0 Å². The van der Waals surface area contributed by atoms with Crippen LogP contribution in [-0.2, 0) is 0 Å². The molecule has 0 unspecified atom stereocenters. The number of ether oxygens (including phenoxy) is 1. The number of esters is 1. The molecule has 4 nitrogen and oxygen atoms in total. The van der Waals surface area contributed by atoms with E-state index in [1.807, 2.05) is 0 Å². The minimum Gasteiger partial charge on any atom is -0.422 e. The van der Waals surface area contributed by atoms with Crippen molar-refractivity contribution >= 4 is 39.2 Å². The molecule has 16 heavy (non-hydrogen) atoms. The zero-order valence-electron chi connectivity index (χ0n) is 8.01. The number of halogens is 1. The van der Waals surface area contributed by atoms with Crippen molar-refractivity contribution in [3.05, 3.63) is 39.7 Å². The second kappa shape index (κ2) is 4.63. The number of nitrogens with zero attached hydrogens (tertiary/aromatic N) is 1. The van der Waals surface area contributed by atoms with Gasteiger partial charge < -0.3 is 10.5 Å². The van der Waals surface area contributed by atoms with Crippen molar-refractivity contribution in [1.82, 2.24) is 4.37 Å². The van der Waals surface area contributed by atoms with Gasteiger partial charge in [-0.05, 0) is 35.8 Å². The molecule has 0 aliphatic rings. The number of anilines is 1. The van der Waals surface area contributed by atoms with Crippen LogP contribution in [0.2, 0.25) is 0 Å². The summed E-state index contributed by atoms with van der Waals surface area (Å²) in [6.45, 7) is 0. The number of carbonyl (C=O) groups excluding carboxylic acids is 1. The summed E-state index contributed by atoms with van der Waals surface area (Å²) in [4.78, 5) is 12.0. The number of benzene rings is 1. The first-order valence-corrected chi connectivity index (χ1v) is 5.92. The number of nitrogens with two attached hydrogens (primary N) is 1. The SMILES string of the molecule is Nc1cc(C(=O)Oc2ccc(Br)cc2)sn1. The first-order valence-electron chi connectivity index (χ1n) is 4.35. The van der Waals surface area contributed by atoms with Gasteiger partial charge in [0.05, 0.1) is 0 Å². The van der Waals surface area contributed by atoms with Crippen LogP contribution in [0.25, 0.3) is 0 Å². The Morgan fingerprint density at radius 3 is 2.62 bits per heavy atom. The third-order valence-electron chi connectivity index (χ3n) is 1.75. The molecule has 2 aromatic rings. The number of rotatable bonds is 2. The van der Waals surface area contributed by atoms with Gasteiger partial charge in [-0.15, -0.1) is 0 Å². The summed E-state index contributed by atoms with van der Waals surface area (Å²) in [6.07, 6.45) is 0. The highest BCUT2D eigenvalue weighted by Gasteiger charge is 2.11. The number of hydrogen-bond donors (Lipinski definition) is 1. The van der Waals surface area contributed by atoms with Gasteiger partial charge in [-0.2, -0.15) is 4.37 Å². The minimum absolute atomic E-state index is 0.327. The predicted molar refractivity (Wildman–Crippen MR) is 65.6 cm³/mol. The lowest BCUT2D eigenvalue weighted by Crippen LogP contribution is -2.06. The van der Waals surface area contributed by atoms with Crippen LogP contribution >= 0.6 is 27.5 Å². The zero-order valence-corrected chi connectivity index (χ0v) is 10.4. The maximum atomic E-state index is 11.6. The quantitative estimate of drug-likeness (QED) is 0.684. The van der Waals surface area contributed by atoms with Crippen molar-refractivity contribution < 1.29 is 9.53 Å². The number of aromatic nitrogens is 1. The van der Waals surface area contributed by atoms with Gasteiger partial charge in [0, 0.05) is 10.5 Å². The molecule has 6 heteroatoms. The highest BCUT2D eigenvalue weighted by molar-refractivity contribution is 9.10. The fraction of sp³-hybridized carbons (Fsp3) is 0. The molecular weight excluding hydrogens is 292 g/mol. The Kier molecular flexibility index (Phi) is 3.21. The summed E-state index contributed by atoms with van der Waals surface area (Å²) in [5, 5.41) is 0. The van der Waals surface area contributed by atoms with E-state index >= 15 is 0 Å². The summed E-state index contributed by atoms with van der Waals surface area (Å²) in [6, 6.07) is 8.48. The van der Waals surface area contributed by atoms with Crippen LogP contribution < -0.4 is 10.5 Å². The van der Waals surface area contributed by atoms with Crippen LogP contribution in [0.3, 0.4) is 0 Å². The van der Waals surface area contributed by atoms with Crippen LogP contribution in [0.4, 0.5) is 5.82 Å². The number of hydrogen-bond acceptors (Lipinski definition) is 5. The molecule has 0 amide bonds. The largest absolute Gasteiger partial charge is 0.422 e. The molecule has 0 aliphatic carbocycles. The Hall–Kier alpha value is -1.40. The van der Waals surface area contributed by atoms with Crippen LogP contribution in [-0.4, -0.2) is 10.3 Å². The lowest BCUT2D eigenvalue weighted by atomic mass is 10.3. The average Bonchev–Trinajstić information content (AvgIpc) is 2.68. The van der Waals surface area contributed by atoms with E-state index in [0.29, 0.717) is 16.4 Å². The van der Waals surface area contributed by atoms with Gasteiger partial charge in [0.2, 0.25) is 0 Å². The first kappa shape index (κ1) is 11.1. The van der Waals surface area contributed by atoms with Crippen molar-refractivity contribution in [3.8, 4) is 5.75 Å². The maximum absolute atomic E-state index is 11.6. The summed E-state index contributed by atoms with van der Waals surface area (Å²) in [7, 11) is 0. The van der Waals surface area contributed by atoms with Crippen molar-refractivity contribution in [3.63, 3.8) is 0 Å². The van der Waals surface area contributed by atoms with Gasteiger partial charge in [0.1, 0.15) is 16.4 Å². The van der Waals surface area contributed by atoms with Gasteiger partial charge in [-0.1, -0.05) is 15.9 Å². The molecule has 1 aromatic heterocycles. The average molecular weight is 299 g/mol. The summed E-state index contributed by atoms with van der Waals surface area (Å²) in [5.74, 6) is 0.365. The van der Waals surface area contributed by atoms with Crippen LogP contribution in [0.1, 0.15) is 9.67 Å². The van der Waals surface area contributed by atoms with Gasteiger partial charge >= 0.3 is 5.97 Å². The second-order valence-corrected chi connectivity index (χ2v) is 4.68. The smallest absolute Gasteiger partial charge is 0.355 e. The fourth-order valence-corrected chi connectivity index (χ4v) is 1.86. The van der Waals surface area contributed by atoms with E-state index in [2.05, 4.69) is 20.3 Å². The molecule has 0 aliphatic heterocycles. The summed E-state index contributed by atoms with van der Waals surface area (Å²) < 4.78 is 9.85. The molecular formula is C10H7BrN2O2S. The Balaban J connectivity index is 2.10. The van der Waals surface area contributed by atoms with Crippen LogP contribution in [0, 0.1) is 0 Å². The van der Waals surface area contributed by atoms with E-state index in [4.69, 9.17) is 10.5 Å². The molecule has 0 spiro atoms. The summed E-state index contributed by atoms with van der Waals surface area (Å²) in [5.41, 5.74) is 5.41. The number of nitrogen functional groups attached to an aromatic ring is 1. The predicted octanol–water partition coefficient (Wildman–Crippen LogP) is 2.71. The molecule has 0 atom stereocenters. The van der Waals surface area contributed by atoms with Gasteiger partial charge in [0.15, 0.2) is 0 Å². The zero-order chi connectivity index (χ0) is 11.5. The van der Waals surface area contributed by atoms with E-state index in [0.717, 1.165) is 16.0 Å². The normalized spacial score (nSPS) is 10.1. The molecule has 2 rings (SSSR count). The van der Waals surface area contributed by atoms with Crippen molar-refractivity contribution in [2.24, 2.45) is 0 Å². The third-order valence-corrected chi connectivity index (χ3v) is 3.07. The summed E-state index contributed by atoms with van der Waals surface area (Å²) >= 11 is 4.32. The Morgan fingerprint density at radius 1 is 1.38 bits per heavy atom. The molecule has 0 bridgehead atoms. The lowest BCUT2D eigenvalue weighted by molar-refractivity contribution is 0.0740. The van der Waals surface area contributed by atoms with Gasteiger partial charge in [-0.3, -0.25) is 0 Å². The molecule has 0 saturated heterocycles. The Bertz CT molecular complexity index is 510. The van der Waals surface area contributed by atoms with Gasteiger partial charge in [0.25, 0.3) is 0 Å². The van der Waals surface area contributed by atoms with E-state index in [1.165, 1.54) is 6.07 Å². The van der Waals surface area contributed by atoms with Crippen LogP contribution in [0.5, 0.6) is 5.75 Å². The second-order valence-electron chi connectivity index (χ2n) is 2.96. The molecule has 1 aromatic carbocycles. The van der Waals surface area contributed by atoms with E-state index in [9.17, 15) is 4.79 Å². The monoisotopic (exact) mass is 298 g/mol. The van der Waals surface area contributed by atoms with E-state index < -0.39 is 5.97 Å². The Labute approximate surface area is 104 Å². The maximum Gasteiger partial charge on any atom is 0.355 e. The number of carbonyl (C=O) groups is 1. The molecule has 0 fully saturated rings. The van der Waals surface area contributed by atoms with E-state index in [-0.39, 0.29) is 0 Å². The molecule has 1 heterocycles. The fourth-order valence-electron chi connectivity index (χ4n) is 1.05. The third kappa shape index (κ3) is 2.59. The van der Waals surface area contributed by atoms with Crippen molar-refractivity contribution in [1.29, 1.82) is 0 Å². The first-order chi connectivity index (χ1) is 7.65. The van der Waals surface area contributed by atoms with Crippen LogP contribution in [0.15, 0.2) is 34.8 Å². The molecule has 2 N–H and O–H groups in total. The highest BCUT2D eigenvalue weighted by atomic mass is 79.9. The highest BCUT2D eigenvalue weighted by Crippen LogP contribution is 2.19. The topological polar surface area (TPSA) is 65.2 Å². The molecule has 0 radical (unpaired) electrons. The minimum atomic E-state index is -0.448. The standard InChI is InChI=1S/C10H7BrN2O2S/c11-6-1-3-7(4-2-6)15-10(14)8-5-9(12)13-16-8/h1-5H,(H2,12,13). The van der Waals surface area contributed by atoms with Crippen molar-refractivity contribution in [2.75, 3.05) is 5.73 Å². The Morgan fingerprint density at radius 2 is 2.06 bits per heavy atom. The lowest BCUT2D eigenvalue weighted by Gasteiger charge is -2.01. The van der Waals surface area contributed by atoms with Gasteiger partial charge in [-0.25, -0.2) is 4.79 Å². The van der Waals surface area contributed by atoms with E-state index in [1.54, 1.807) is 24.3 Å². The molecule has 0 saturated carbocycles.